The SMILES string of the molecule is NC1CC2CCC(C1)N2C(=O)[C@@H](NS(=O)(=O)c1ccc(OCc2ccccc2)cc1)C(F)(F)c1ccc(Br)cc1.O=C(O)C(F)(F)F. The number of fused-ring (bicyclic) bond motifs is 2. The summed E-state index contributed by atoms with van der Waals surface area (Å²) in [6, 6.07) is 17.0. The van der Waals surface area contributed by atoms with E-state index in [-0.39, 0.29) is 29.6 Å². The molecule has 2 heterocycles. The maximum Gasteiger partial charge on any atom is 0.490 e. The van der Waals surface area contributed by atoms with Gasteiger partial charge in [0, 0.05) is 28.2 Å². The lowest BCUT2D eigenvalue weighted by molar-refractivity contribution is -0.192. The minimum Gasteiger partial charge on any atom is -0.489 e. The Morgan fingerprint density at radius 2 is 1.47 bits per heavy atom. The molecule has 47 heavy (non-hydrogen) atoms. The number of carboxylic acids is 1. The van der Waals surface area contributed by atoms with Crippen molar-refractivity contribution in [1.29, 1.82) is 0 Å². The number of hydrogen-bond acceptors (Lipinski definition) is 6. The van der Waals surface area contributed by atoms with E-state index in [1.54, 1.807) is 0 Å². The number of nitrogens with one attached hydrogen (secondary N) is 1. The molecular weight excluding hydrogens is 717 g/mol. The number of halogens is 6. The molecule has 0 saturated carbocycles. The van der Waals surface area contributed by atoms with E-state index >= 15 is 8.78 Å². The third-order valence-electron chi connectivity index (χ3n) is 7.76. The van der Waals surface area contributed by atoms with Gasteiger partial charge in [-0.25, -0.2) is 13.2 Å². The Morgan fingerprint density at radius 3 is 1.98 bits per heavy atom. The number of sulfonamides is 1. The Morgan fingerprint density at radius 1 is 0.936 bits per heavy atom. The summed E-state index contributed by atoms with van der Waals surface area (Å²) < 4.78 is 99.0. The molecule has 1 amide bonds. The third kappa shape index (κ3) is 9.06. The van der Waals surface area contributed by atoms with E-state index < -0.39 is 45.6 Å². The molecule has 0 aliphatic carbocycles. The largest absolute Gasteiger partial charge is 0.490 e. The lowest BCUT2D eigenvalue weighted by Crippen LogP contribution is -2.60. The first-order valence-electron chi connectivity index (χ1n) is 14.3. The molecule has 0 radical (unpaired) electrons. The highest BCUT2D eigenvalue weighted by Gasteiger charge is 2.53. The molecule has 3 aromatic carbocycles. The van der Waals surface area contributed by atoms with Crippen LogP contribution in [-0.4, -0.2) is 60.6 Å². The van der Waals surface area contributed by atoms with Crippen molar-refractivity contribution in [3.8, 4) is 5.75 Å². The van der Waals surface area contributed by atoms with Gasteiger partial charge < -0.3 is 20.5 Å². The second-order valence-corrected chi connectivity index (χ2v) is 13.7. The Bertz CT molecular complexity index is 1630. The monoisotopic (exact) mass is 747 g/mol. The number of nitrogens with zero attached hydrogens (tertiary/aromatic N) is 1. The van der Waals surface area contributed by atoms with Crippen molar-refractivity contribution in [2.24, 2.45) is 5.73 Å². The number of hydrogen-bond donors (Lipinski definition) is 3. The van der Waals surface area contributed by atoms with E-state index in [1.807, 2.05) is 30.3 Å². The summed E-state index contributed by atoms with van der Waals surface area (Å²) >= 11 is 3.23. The van der Waals surface area contributed by atoms with E-state index in [9.17, 15) is 26.4 Å². The van der Waals surface area contributed by atoms with E-state index in [2.05, 4.69) is 20.7 Å². The lowest BCUT2D eigenvalue weighted by Gasteiger charge is -2.41. The highest BCUT2D eigenvalue weighted by Crippen LogP contribution is 2.40. The Balaban J connectivity index is 0.000000644. The van der Waals surface area contributed by atoms with Gasteiger partial charge in [0.25, 0.3) is 5.92 Å². The summed E-state index contributed by atoms with van der Waals surface area (Å²) in [6.07, 6.45) is -2.79. The highest BCUT2D eigenvalue weighted by atomic mass is 79.9. The first kappa shape index (κ1) is 36.2. The van der Waals surface area contributed by atoms with Crippen molar-refractivity contribution in [3.63, 3.8) is 0 Å². The standard InChI is InChI=1S/C29H30BrF2N3O4S.C2HF3O2/c30-21-8-6-20(7-9-21)29(31,32)27(28(36)35-23-10-11-24(35)17-22(33)16-23)34-40(37,38)26-14-12-25(13-15-26)39-18-19-4-2-1-3-5-19;3-2(4,5)1(6)7/h1-9,12-15,22-24,27,34H,10-11,16-18,33H2;(H,6,7)/t22?,23?,24?,27-;/m1./s1. The van der Waals surface area contributed by atoms with E-state index in [1.165, 1.54) is 53.4 Å². The molecule has 5 rings (SSSR count). The van der Waals surface area contributed by atoms with Gasteiger partial charge in [-0.3, -0.25) is 4.79 Å². The van der Waals surface area contributed by atoms with Gasteiger partial charge in [0.2, 0.25) is 15.9 Å². The van der Waals surface area contributed by atoms with Gasteiger partial charge in [0.15, 0.2) is 6.04 Å². The Labute approximate surface area is 276 Å². The molecule has 0 aromatic heterocycles. The maximum atomic E-state index is 16.0. The summed E-state index contributed by atoms with van der Waals surface area (Å²) in [5, 5.41) is 7.12. The van der Waals surface area contributed by atoms with Gasteiger partial charge in [0.1, 0.15) is 12.4 Å². The van der Waals surface area contributed by atoms with Crippen molar-refractivity contribution in [2.75, 3.05) is 0 Å². The molecule has 16 heteroatoms. The fourth-order valence-corrected chi connectivity index (χ4v) is 6.98. The molecule has 2 aliphatic heterocycles. The van der Waals surface area contributed by atoms with Crippen molar-refractivity contribution in [3.05, 3.63) is 94.5 Å². The Hall–Kier alpha value is -3.60. The van der Waals surface area contributed by atoms with Crippen LogP contribution in [0.4, 0.5) is 22.0 Å². The molecule has 3 aromatic rings. The van der Waals surface area contributed by atoms with E-state index in [0.717, 1.165) is 5.56 Å². The van der Waals surface area contributed by atoms with Crippen LogP contribution in [0.15, 0.2) is 88.2 Å². The number of carbonyl (C=O) groups is 2. The Kier molecular flexibility index (Phi) is 11.3. The number of alkyl halides is 5. The summed E-state index contributed by atoms with van der Waals surface area (Å²) in [7, 11) is -4.52. The molecule has 4 N–H and O–H groups in total. The van der Waals surface area contributed by atoms with Gasteiger partial charge in [-0.15, -0.1) is 0 Å². The molecule has 2 bridgehead atoms. The molecule has 254 valence electrons. The van der Waals surface area contributed by atoms with Crippen LogP contribution in [0.25, 0.3) is 0 Å². The van der Waals surface area contributed by atoms with Gasteiger partial charge >= 0.3 is 12.1 Å². The molecule has 2 aliphatic rings. The minimum atomic E-state index is -5.08. The maximum absolute atomic E-state index is 16.0. The van der Waals surface area contributed by atoms with Crippen molar-refractivity contribution in [2.45, 2.75) is 73.5 Å². The van der Waals surface area contributed by atoms with Crippen LogP contribution in [0.3, 0.4) is 0 Å². The zero-order valence-electron chi connectivity index (χ0n) is 24.5. The number of rotatable bonds is 9. The summed E-state index contributed by atoms with van der Waals surface area (Å²) in [6.45, 7) is 0.281. The quantitative estimate of drug-likeness (QED) is 0.243. The topological polar surface area (TPSA) is 139 Å². The van der Waals surface area contributed by atoms with Crippen LogP contribution in [0.5, 0.6) is 5.75 Å². The predicted molar refractivity (Wildman–Crippen MR) is 164 cm³/mol. The van der Waals surface area contributed by atoms with Crippen LogP contribution in [-0.2, 0) is 32.1 Å². The molecule has 9 nitrogen and oxygen atoms in total. The van der Waals surface area contributed by atoms with Gasteiger partial charge in [0.05, 0.1) is 4.90 Å². The number of ether oxygens (including phenoxy) is 1. The van der Waals surface area contributed by atoms with E-state index in [0.29, 0.717) is 35.9 Å². The van der Waals surface area contributed by atoms with Crippen LogP contribution in [0.1, 0.15) is 36.8 Å². The van der Waals surface area contributed by atoms with Crippen LogP contribution >= 0.6 is 15.9 Å². The second-order valence-electron chi connectivity index (χ2n) is 11.1. The second kappa shape index (κ2) is 14.7. The number of aliphatic carboxylic acids is 1. The molecule has 2 saturated heterocycles. The van der Waals surface area contributed by atoms with Crippen LogP contribution in [0, 0.1) is 0 Å². The highest BCUT2D eigenvalue weighted by molar-refractivity contribution is 9.10. The van der Waals surface area contributed by atoms with Crippen molar-refractivity contribution >= 4 is 37.8 Å². The number of nitrogens with two attached hydrogens (primary N) is 1. The molecule has 2 fully saturated rings. The van der Waals surface area contributed by atoms with Crippen LogP contribution in [0.2, 0.25) is 0 Å². The van der Waals surface area contributed by atoms with Crippen molar-refractivity contribution in [1.82, 2.24) is 9.62 Å². The average molecular weight is 749 g/mol. The van der Waals surface area contributed by atoms with E-state index in [4.69, 9.17) is 20.4 Å². The zero-order chi connectivity index (χ0) is 34.6. The summed E-state index contributed by atoms with van der Waals surface area (Å²) in [5.41, 5.74) is 6.58. The minimum absolute atomic E-state index is 0.119. The lowest BCUT2D eigenvalue weighted by atomic mass is 9.95. The van der Waals surface area contributed by atoms with Gasteiger partial charge in [-0.2, -0.15) is 26.7 Å². The molecule has 0 spiro atoms. The summed E-state index contributed by atoms with van der Waals surface area (Å²) in [4.78, 5) is 23.9. The first-order valence-corrected chi connectivity index (χ1v) is 16.6. The number of benzene rings is 3. The molecule has 3 atom stereocenters. The smallest absolute Gasteiger partial charge is 0.489 e. The first-order chi connectivity index (χ1) is 22.0. The number of carbonyl (C=O) groups excluding carboxylic acids is 1. The van der Waals surface area contributed by atoms with Gasteiger partial charge in [-0.05, 0) is 67.6 Å². The zero-order valence-corrected chi connectivity index (χ0v) is 26.9. The number of amides is 1. The predicted octanol–water partition coefficient (Wildman–Crippen LogP) is 5.58. The average Bonchev–Trinajstić information content (AvgIpc) is 3.29. The van der Waals surface area contributed by atoms with Crippen molar-refractivity contribution < 1.29 is 49.8 Å². The third-order valence-corrected chi connectivity index (χ3v) is 9.73. The fourth-order valence-electron chi connectivity index (χ4n) is 5.53. The normalized spacial score (nSPS) is 20.1. The molecule has 2 unspecified atom stereocenters. The number of carboxylic acid groups (broad SMARTS) is 1. The number of piperidine rings is 1. The van der Waals surface area contributed by atoms with Gasteiger partial charge in [-0.1, -0.05) is 58.4 Å². The molecular formula is C31H31BrF5N3O6S. The van der Waals surface area contributed by atoms with Crippen LogP contribution < -0.4 is 15.2 Å². The summed E-state index contributed by atoms with van der Waals surface area (Å²) in [5.74, 6) is -7.12. The fraction of sp³-hybridized carbons (Fsp3) is 0.355.